The molecular formula is C34H47ClN6O5. The SMILES string of the molecule is CCCC1CN=C(NC2CCN(C(=O)C3CC3)CC2)CC1C(=O)NC[C@H](O)CN1CCc2c(ccc(OCc3cnco3)c2Cl)C1. The van der Waals surface area contributed by atoms with Gasteiger partial charge in [-0.25, -0.2) is 4.98 Å². The number of piperidine rings is 1. The second kappa shape index (κ2) is 15.2. The Kier molecular flexibility index (Phi) is 10.8. The summed E-state index contributed by atoms with van der Waals surface area (Å²) >= 11 is 6.69. The number of carbonyl (C=O) groups is 2. The minimum atomic E-state index is -0.687. The maximum Gasteiger partial charge on any atom is 0.225 e. The Labute approximate surface area is 276 Å². The molecule has 6 rings (SSSR count). The van der Waals surface area contributed by atoms with Crippen LogP contribution in [0.1, 0.15) is 68.8 Å². The number of ether oxygens (including phenoxy) is 1. The fourth-order valence-corrected chi connectivity index (χ4v) is 7.36. The Morgan fingerprint density at radius 1 is 1.20 bits per heavy atom. The number of β-amino-alcohol motifs (C(OH)–C–C–N with tert-alkyl or cyclic N) is 1. The number of benzene rings is 1. The molecule has 1 saturated carbocycles. The van der Waals surface area contributed by atoms with Crippen molar-refractivity contribution in [1.82, 2.24) is 25.4 Å². The lowest BCUT2D eigenvalue weighted by Crippen LogP contribution is -2.50. The van der Waals surface area contributed by atoms with E-state index in [2.05, 4.69) is 27.4 Å². The minimum absolute atomic E-state index is 0.00909. The van der Waals surface area contributed by atoms with E-state index < -0.39 is 6.10 Å². The molecule has 3 atom stereocenters. The number of hydrogen-bond donors (Lipinski definition) is 3. The number of fused-ring (bicyclic) bond motifs is 1. The summed E-state index contributed by atoms with van der Waals surface area (Å²) in [5.74, 6) is 2.75. The third-order valence-electron chi connectivity index (χ3n) is 9.81. The number of aromatic nitrogens is 1. The average Bonchev–Trinajstić information content (AvgIpc) is 3.79. The van der Waals surface area contributed by atoms with Crippen molar-refractivity contribution in [3.8, 4) is 5.75 Å². The third kappa shape index (κ3) is 8.22. The maximum atomic E-state index is 13.5. The second-order valence-corrected chi connectivity index (χ2v) is 13.7. The van der Waals surface area contributed by atoms with Gasteiger partial charge in [0.05, 0.1) is 23.2 Å². The van der Waals surface area contributed by atoms with Crippen LogP contribution in [0.15, 0.2) is 34.1 Å². The highest BCUT2D eigenvalue weighted by Crippen LogP contribution is 2.35. The normalized spacial score (nSPS) is 22.9. The van der Waals surface area contributed by atoms with Gasteiger partial charge in [-0.1, -0.05) is 31.0 Å². The Morgan fingerprint density at radius 3 is 2.76 bits per heavy atom. The summed E-state index contributed by atoms with van der Waals surface area (Å²) in [6.45, 7) is 6.71. The number of amides is 2. The number of aliphatic imine (C=N–C) groups is 1. The Balaban J connectivity index is 0.955. The number of nitrogens with one attached hydrogen (secondary N) is 2. The summed E-state index contributed by atoms with van der Waals surface area (Å²) in [5.41, 5.74) is 2.18. The molecule has 4 heterocycles. The lowest BCUT2D eigenvalue weighted by molar-refractivity contribution is -0.133. The molecule has 0 radical (unpaired) electrons. The molecule has 0 bridgehead atoms. The molecule has 46 heavy (non-hydrogen) atoms. The van der Waals surface area contributed by atoms with Gasteiger partial charge in [0.15, 0.2) is 12.2 Å². The first-order valence-corrected chi connectivity index (χ1v) is 17.3. The molecule has 1 aliphatic carbocycles. The van der Waals surface area contributed by atoms with E-state index in [1.54, 1.807) is 6.20 Å². The average molecular weight is 655 g/mol. The fourth-order valence-electron chi connectivity index (χ4n) is 7.03. The third-order valence-corrected chi connectivity index (χ3v) is 10.2. The van der Waals surface area contributed by atoms with Crippen molar-refractivity contribution in [2.45, 2.75) is 83.6 Å². The topological polar surface area (TPSA) is 133 Å². The van der Waals surface area contributed by atoms with Gasteiger partial charge in [-0.15, -0.1) is 0 Å². The van der Waals surface area contributed by atoms with Crippen LogP contribution in [0.5, 0.6) is 5.75 Å². The van der Waals surface area contributed by atoms with Gasteiger partial charge in [0.1, 0.15) is 12.4 Å². The molecule has 1 aromatic heterocycles. The van der Waals surface area contributed by atoms with Gasteiger partial charge < -0.3 is 29.8 Å². The summed E-state index contributed by atoms with van der Waals surface area (Å²) in [4.78, 5) is 38.8. The summed E-state index contributed by atoms with van der Waals surface area (Å²) < 4.78 is 11.1. The molecule has 2 fully saturated rings. The van der Waals surface area contributed by atoms with Crippen molar-refractivity contribution in [1.29, 1.82) is 0 Å². The monoisotopic (exact) mass is 654 g/mol. The number of oxazole rings is 1. The van der Waals surface area contributed by atoms with E-state index in [0.29, 0.717) is 48.5 Å². The Bertz CT molecular complexity index is 1370. The van der Waals surface area contributed by atoms with Crippen LogP contribution in [0.25, 0.3) is 0 Å². The molecule has 2 unspecified atom stereocenters. The summed E-state index contributed by atoms with van der Waals surface area (Å²) in [5, 5.41) is 18.2. The molecule has 3 aliphatic heterocycles. The van der Waals surface area contributed by atoms with E-state index in [0.717, 1.165) is 81.5 Å². The molecular weight excluding hydrogens is 608 g/mol. The number of hydrogen-bond acceptors (Lipinski definition) is 9. The minimum Gasteiger partial charge on any atom is -0.484 e. The second-order valence-electron chi connectivity index (χ2n) is 13.3. The first kappa shape index (κ1) is 32.8. The van der Waals surface area contributed by atoms with Crippen LogP contribution in [-0.2, 0) is 29.2 Å². The van der Waals surface area contributed by atoms with Gasteiger partial charge in [-0.3, -0.25) is 19.5 Å². The number of likely N-dealkylation sites (tertiary alicyclic amines) is 1. The van der Waals surface area contributed by atoms with E-state index >= 15 is 0 Å². The lowest BCUT2D eigenvalue weighted by Gasteiger charge is -2.36. The number of rotatable bonds is 12. The van der Waals surface area contributed by atoms with Crippen molar-refractivity contribution >= 4 is 29.3 Å². The van der Waals surface area contributed by atoms with E-state index in [-0.39, 0.29) is 42.9 Å². The molecule has 2 amide bonds. The van der Waals surface area contributed by atoms with Crippen LogP contribution in [-0.4, -0.2) is 89.0 Å². The molecule has 1 saturated heterocycles. The highest BCUT2D eigenvalue weighted by molar-refractivity contribution is 6.33. The van der Waals surface area contributed by atoms with Crippen LogP contribution >= 0.6 is 11.6 Å². The van der Waals surface area contributed by atoms with Gasteiger partial charge in [0.2, 0.25) is 11.8 Å². The zero-order valence-electron chi connectivity index (χ0n) is 26.8. The van der Waals surface area contributed by atoms with Crippen LogP contribution < -0.4 is 15.4 Å². The van der Waals surface area contributed by atoms with E-state index in [1.807, 2.05) is 17.0 Å². The van der Waals surface area contributed by atoms with Crippen molar-refractivity contribution in [3.63, 3.8) is 0 Å². The predicted octanol–water partition coefficient (Wildman–Crippen LogP) is 3.57. The van der Waals surface area contributed by atoms with Gasteiger partial charge in [0.25, 0.3) is 0 Å². The van der Waals surface area contributed by atoms with Crippen LogP contribution in [0.4, 0.5) is 0 Å². The number of amidine groups is 1. The summed E-state index contributed by atoms with van der Waals surface area (Å²) in [6.07, 6.45) is 9.48. The van der Waals surface area contributed by atoms with Crippen molar-refractivity contribution in [2.24, 2.45) is 22.7 Å². The molecule has 11 nitrogen and oxygen atoms in total. The first-order valence-electron chi connectivity index (χ1n) is 16.9. The van der Waals surface area contributed by atoms with Crippen LogP contribution in [0.3, 0.4) is 0 Å². The summed E-state index contributed by atoms with van der Waals surface area (Å²) in [7, 11) is 0. The fraction of sp³-hybridized carbons (Fsp3) is 0.647. The molecule has 0 spiro atoms. The molecule has 12 heteroatoms. The standard InChI is InChI=1S/C34H47ClN6O5/c1-2-3-23-15-37-31(39-25-8-12-41(13-9-25)34(44)22-4-5-22)14-29(23)33(43)38-16-26(42)19-40-11-10-28-24(18-40)6-7-30(32(28)35)45-20-27-17-36-21-46-27/h6-7,17,21-23,25-26,29,42H,2-5,8-16,18-20H2,1H3,(H,37,39)(H,38,43)/t23?,26-,29?/m0/s1. The number of aliphatic hydroxyl groups excluding tert-OH is 1. The largest absolute Gasteiger partial charge is 0.484 e. The molecule has 1 aromatic carbocycles. The molecule has 4 aliphatic rings. The number of aliphatic hydroxyl groups is 1. The Morgan fingerprint density at radius 2 is 2.02 bits per heavy atom. The van der Waals surface area contributed by atoms with Gasteiger partial charge in [0, 0.05) is 70.1 Å². The Hall–Kier alpha value is -3.15. The van der Waals surface area contributed by atoms with Crippen LogP contribution in [0, 0.1) is 17.8 Å². The van der Waals surface area contributed by atoms with Gasteiger partial charge >= 0.3 is 0 Å². The quantitative estimate of drug-likeness (QED) is 0.317. The highest BCUT2D eigenvalue weighted by Gasteiger charge is 2.36. The van der Waals surface area contributed by atoms with Gasteiger partial charge in [-0.05, 0) is 61.6 Å². The number of halogens is 1. The van der Waals surface area contributed by atoms with Crippen molar-refractivity contribution in [2.75, 3.05) is 39.3 Å². The lowest BCUT2D eigenvalue weighted by atomic mass is 9.83. The molecule has 3 N–H and O–H groups in total. The van der Waals surface area contributed by atoms with E-state index in [1.165, 1.54) is 6.39 Å². The van der Waals surface area contributed by atoms with Gasteiger partial charge in [-0.2, -0.15) is 0 Å². The van der Waals surface area contributed by atoms with E-state index in [9.17, 15) is 14.7 Å². The smallest absolute Gasteiger partial charge is 0.225 e. The zero-order valence-corrected chi connectivity index (χ0v) is 27.5. The van der Waals surface area contributed by atoms with Crippen molar-refractivity contribution in [3.05, 3.63) is 46.6 Å². The zero-order chi connectivity index (χ0) is 32.0. The van der Waals surface area contributed by atoms with Crippen molar-refractivity contribution < 1.29 is 23.8 Å². The first-order chi connectivity index (χ1) is 22.4. The number of carbonyl (C=O) groups excluding carboxylic acids is 2. The van der Waals surface area contributed by atoms with E-state index in [4.69, 9.17) is 25.7 Å². The predicted molar refractivity (Wildman–Crippen MR) is 175 cm³/mol. The highest BCUT2D eigenvalue weighted by atomic mass is 35.5. The summed E-state index contributed by atoms with van der Waals surface area (Å²) in [6, 6.07) is 4.18. The number of nitrogens with zero attached hydrogens (tertiary/aromatic N) is 4. The molecule has 2 aromatic rings. The van der Waals surface area contributed by atoms with Crippen LogP contribution in [0.2, 0.25) is 5.02 Å². The maximum absolute atomic E-state index is 13.5. The molecule has 250 valence electrons.